The van der Waals surface area contributed by atoms with Gasteiger partial charge in [-0.1, -0.05) is 54.1 Å². The molecule has 0 spiro atoms. The summed E-state index contributed by atoms with van der Waals surface area (Å²) in [7, 11) is 0. The van der Waals surface area contributed by atoms with Gasteiger partial charge in [0.25, 0.3) is 5.91 Å². The highest BCUT2D eigenvalue weighted by atomic mass is 16.5. The first-order valence-corrected chi connectivity index (χ1v) is 9.38. The molecule has 29 heavy (non-hydrogen) atoms. The van der Waals surface area contributed by atoms with Crippen molar-refractivity contribution in [2.45, 2.75) is 13.5 Å². The number of H-pyrrole nitrogens is 1. The third-order valence-corrected chi connectivity index (χ3v) is 4.43. The number of amides is 1. The van der Waals surface area contributed by atoms with Crippen LogP contribution < -0.4 is 10.1 Å². The van der Waals surface area contributed by atoms with Crippen LogP contribution in [0.4, 0.5) is 5.95 Å². The third-order valence-electron chi connectivity index (χ3n) is 4.43. The highest BCUT2D eigenvalue weighted by Crippen LogP contribution is 2.16. The standard InChI is InChI=1S/C24H21N3O2/c1-17-5-4-6-19(15-17)16-29-20-12-9-18(10-13-20)11-14-23(28)27-24-25-21-7-2-3-8-22(21)26-24/h2-15H,16H2,1H3,(H2,25,26,27,28)/b14-11+. The smallest absolute Gasteiger partial charge is 0.250 e. The van der Waals surface area contributed by atoms with Crippen LogP contribution in [0.1, 0.15) is 16.7 Å². The second-order valence-electron chi connectivity index (χ2n) is 6.77. The molecule has 0 fully saturated rings. The summed E-state index contributed by atoms with van der Waals surface area (Å²) in [6.45, 7) is 2.59. The fourth-order valence-corrected chi connectivity index (χ4v) is 2.99. The summed E-state index contributed by atoms with van der Waals surface area (Å²) in [6.07, 6.45) is 3.23. The van der Waals surface area contributed by atoms with E-state index >= 15 is 0 Å². The number of aromatic amines is 1. The Morgan fingerprint density at radius 1 is 1.07 bits per heavy atom. The normalized spacial score (nSPS) is 11.1. The van der Waals surface area contributed by atoms with Crippen molar-refractivity contribution in [2.24, 2.45) is 0 Å². The van der Waals surface area contributed by atoms with Crippen molar-refractivity contribution in [1.82, 2.24) is 9.97 Å². The van der Waals surface area contributed by atoms with Gasteiger partial charge in [0.1, 0.15) is 12.4 Å². The number of hydrogen-bond acceptors (Lipinski definition) is 3. The van der Waals surface area contributed by atoms with Crippen LogP contribution >= 0.6 is 0 Å². The number of aryl methyl sites for hydroxylation is 1. The molecule has 1 heterocycles. The highest BCUT2D eigenvalue weighted by molar-refractivity contribution is 6.01. The first kappa shape index (κ1) is 18.5. The number of nitrogens with zero attached hydrogens (tertiary/aromatic N) is 1. The molecule has 0 saturated carbocycles. The maximum absolute atomic E-state index is 12.1. The minimum absolute atomic E-state index is 0.246. The molecule has 0 aliphatic carbocycles. The largest absolute Gasteiger partial charge is 0.489 e. The highest BCUT2D eigenvalue weighted by Gasteiger charge is 2.04. The number of anilines is 1. The summed E-state index contributed by atoms with van der Waals surface area (Å²) >= 11 is 0. The number of hydrogen-bond donors (Lipinski definition) is 2. The molecule has 2 N–H and O–H groups in total. The van der Waals surface area contributed by atoms with Crippen molar-refractivity contribution in [3.05, 3.63) is 95.6 Å². The molecule has 4 rings (SSSR count). The molecule has 0 saturated heterocycles. The van der Waals surface area contributed by atoms with Crippen molar-refractivity contribution in [1.29, 1.82) is 0 Å². The van der Waals surface area contributed by atoms with Crippen LogP contribution in [0.5, 0.6) is 5.75 Å². The summed E-state index contributed by atoms with van der Waals surface area (Å²) in [6, 6.07) is 23.5. The number of benzene rings is 3. The number of para-hydroxylation sites is 2. The van der Waals surface area contributed by atoms with Crippen LogP contribution in [0.3, 0.4) is 0 Å². The summed E-state index contributed by atoms with van der Waals surface area (Å²) in [5, 5.41) is 2.74. The van der Waals surface area contributed by atoms with E-state index in [1.807, 2.05) is 60.7 Å². The summed E-state index contributed by atoms with van der Waals surface area (Å²) in [4.78, 5) is 19.5. The molecule has 0 bridgehead atoms. The molecule has 1 aromatic heterocycles. The average molecular weight is 383 g/mol. The monoisotopic (exact) mass is 383 g/mol. The van der Waals surface area contributed by atoms with Crippen molar-refractivity contribution in [2.75, 3.05) is 5.32 Å². The Hall–Kier alpha value is -3.86. The van der Waals surface area contributed by atoms with Crippen molar-refractivity contribution in [3.8, 4) is 5.75 Å². The van der Waals surface area contributed by atoms with Crippen LogP contribution in [0, 0.1) is 6.92 Å². The van der Waals surface area contributed by atoms with Gasteiger partial charge in [0.05, 0.1) is 11.0 Å². The second-order valence-corrected chi connectivity index (χ2v) is 6.77. The lowest BCUT2D eigenvalue weighted by Crippen LogP contribution is -2.08. The summed E-state index contributed by atoms with van der Waals surface area (Å²) < 4.78 is 5.82. The van der Waals surface area contributed by atoms with E-state index in [0.717, 1.165) is 27.9 Å². The molecule has 5 heteroatoms. The molecule has 0 aliphatic rings. The SMILES string of the molecule is Cc1cccc(COc2ccc(/C=C/C(=O)Nc3nc4ccccc4[nH]3)cc2)c1. The molecule has 3 aromatic carbocycles. The first-order valence-electron chi connectivity index (χ1n) is 9.38. The molecule has 0 unspecified atom stereocenters. The Morgan fingerprint density at radius 3 is 2.69 bits per heavy atom. The lowest BCUT2D eigenvalue weighted by Gasteiger charge is -2.07. The van der Waals surface area contributed by atoms with E-state index < -0.39 is 0 Å². The van der Waals surface area contributed by atoms with Crippen LogP contribution in [0.2, 0.25) is 0 Å². The van der Waals surface area contributed by atoms with E-state index in [1.54, 1.807) is 6.08 Å². The number of ether oxygens (including phenoxy) is 1. The van der Waals surface area contributed by atoms with Crippen molar-refractivity contribution >= 4 is 29.0 Å². The van der Waals surface area contributed by atoms with Crippen LogP contribution in [0.15, 0.2) is 78.9 Å². The lowest BCUT2D eigenvalue weighted by atomic mass is 10.1. The number of nitrogens with one attached hydrogen (secondary N) is 2. The Bertz CT molecular complexity index is 1130. The Morgan fingerprint density at radius 2 is 1.90 bits per heavy atom. The number of carbonyl (C=O) groups is 1. The maximum atomic E-state index is 12.1. The Labute approximate surface area is 169 Å². The molecule has 5 nitrogen and oxygen atoms in total. The van der Waals surface area contributed by atoms with Gasteiger partial charge in [0.2, 0.25) is 5.95 Å². The van der Waals surface area contributed by atoms with Crippen LogP contribution in [-0.4, -0.2) is 15.9 Å². The topological polar surface area (TPSA) is 67.0 Å². The third kappa shape index (κ3) is 4.90. The lowest BCUT2D eigenvalue weighted by molar-refractivity contribution is -0.111. The minimum Gasteiger partial charge on any atom is -0.489 e. The predicted molar refractivity (Wildman–Crippen MR) is 116 cm³/mol. The Kier molecular flexibility index (Phi) is 5.38. The summed E-state index contributed by atoms with van der Waals surface area (Å²) in [5.41, 5.74) is 4.96. The van der Waals surface area contributed by atoms with Gasteiger partial charge in [0.15, 0.2) is 0 Å². The van der Waals surface area contributed by atoms with Crippen molar-refractivity contribution < 1.29 is 9.53 Å². The van der Waals surface area contributed by atoms with E-state index in [0.29, 0.717) is 12.6 Å². The first-order chi connectivity index (χ1) is 14.2. The molecular formula is C24H21N3O2. The molecular weight excluding hydrogens is 362 g/mol. The molecule has 4 aromatic rings. The molecule has 0 aliphatic heterocycles. The number of aromatic nitrogens is 2. The quantitative estimate of drug-likeness (QED) is 0.455. The summed E-state index contributed by atoms with van der Waals surface area (Å²) in [5.74, 6) is 0.972. The van der Waals surface area contributed by atoms with Crippen molar-refractivity contribution in [3.63, 3.8) is 0 Å². The van der Waals surface area contributed by atoms with E-state index in [2.05, 4.69) is 34.3 Å². The van der Waals surface area contributed by atoms with E-state index in [9.17, 15) is 4.79 Å². The van der Waals surface area contributed by atoms with E-state index in [1.165, 1.54) is 11.6 Å². The molecule has 144 valence electrons. The van der Waals surface area contributed by atoms with Gasteiger partial charge < -0.3 is 9.72 Å². The predicted octanol–water partition coefficient (Wildman–Crippen LogP) is 5.10. The van der Waals surface area contributed by atoms with Crippen LogP contribution in [0.25, 0.3) is 17.1 Å². The maximum Gasteiger partial charge on any atom is 0.250 e. The number of fused-ring (bicyclic) bond motifs is 1. The number of imidazole rings is 1. The van der Waals surface area contributed by atoms with Gasteiger partial charge in [-0.05, 0) is 48.4 Å². The minimum atomic E-state index is -0.246. The molecule has 1 amide bonds. The van der Waals surface area contributed by atoms with E-state index in [4.69, 9.17) is 4.74 Å². The Balaban J connectivity index is 1.32. The fraction of sp³-hybridized carbons (Fsp3) is 0.0833. The number of carbonyl (C=O) groups excluding carboxylic acids is 1. The van der Waals surface area contributed by atoms with Gasteiger partial charge in [-0.2, -0.15) is 0 Å². The zero-order valence-electron chi connectivity index (χ0n) is 16.1. The number of rotatable bonds is 6. The van der Waals surface area contributed by atoms with Gasteiger partial charge in [0, 0.05) is 6.08 Å². The van der Waals surface area contributed by atoms with Crippen LogP contribution in [-0.2, 0) is 11.4 Å². The van der Waals surface area contributed by atoms with Gasteiger partial charge in [-0.15, -0.1) is 0 Å². The zero-order chi connectivity index (χ0) is 20.1. The average Bonchev–Trinajstić information content (AvgIpc) is 3.14. The van der Waals surface area contributed by atoms with E-state index in [-0.39, 0.29) is 5.91 Å². The van der Waals surface area contributed by atoms with Gasteiger partial charge in [-0.3, -0.25) is 10.1 Å². The van der Waals surface area contributed by atoms with Gasteiger partial charge >= 0.3 is 0 Å². The second kappa shape index (κ2) is 8.44. The molecule has 0 radical (unpaired) electrons. The molecule has 0 atom stereocenters. The van der Waals surface area contributed by atoms with Gasteiger partial charge in [-0.25, -0.2) is 4.98 Å². The zero-order valence-corrected chi connectivity index (χ0v) is 16.1. The fourth-order valence-electron chi connectivity index (χ4n) is 2.99.